The van der Waals surface area contributed by atoms with Crippen LogP contribution in [0.1, 0.15) is 18.9 Å². The maximum atomic E-state index is 5.79. The predicted octanol–water partition coefficient (Wildman–Crippen LogP) is 2.78. The summed E-state index contributed by atoms with van der Waals surface area (Å²) >= 11 is 1.63. The summed E-state index contributed by atoms with van der Waals surface area (Å²) in [6, 6.07) is 8.05. The predicted molar refractivity (Wildman–Crippen MR) is 76.3 cm³/mol. The summed E-state index contributed by atoms with van der Waals surface area (Å²) in [6.45, 7) is 2.13. The number of methoxy groups -OCH3 is 1. The molecule has 1 aromatic rings. The van der Waals surface area contributed by atoms with Gasteiger partial charge in [0.1, 0.15) is 5.75 Å². The average Bonchev–Trinajstić information content (AvgIpc) is 2.29. The molecule has 1 aromatic carbocycles. The average molecular weight is 273 g/mol. The molecule has 0 aromatic heterocycles. The quantitative estimate of drug-likeness (QED) is 0.901. The van der Waals surface area contributed by atoms with Crippen molar-refractivity contribution in [2.75, 3.05) is 12.9 Å². The first kappa shape index (κ1) is 14.2. The zero-order valence-electron chi connectivity index (χ0n) is 9.97. The molecule has 0 radical (unpaired) electrons. The molecule has 3 nitrogen and oxygen atoms in total. The maximum Gasteiger partial charge on any atom is 0.154 e. The Morgan fingerprint density at radius 1 is 1.35 bits per heavy atom. The van der Waals surface area contributed by atoms with E-state index in [1.54, 1.807) is 18.9 Å². The van der Waals surface area contributed by atoms with Gasteiger partial charge < -0.3 is 10.5 Å². The number of hydrogen-bond donors (Lipinski definition) is 1. The number of thioether (sulfide) groups is 1. The molecule has 1 unspecified atom stereocenters. The molecule has 0 spiro atoms. The zero-order chi connectivity index (χ0) is 11.6. The van der Waals surface area contributed by atoms with Crippen LogP contribution < -0.4 is 10.5 Å². The lowest BCUT2D eigenvalue weighted by molar-refractivity contribution is 0.413. The fourth-order valence-corrected chi connectivity index (χ4v) is 2.82. The second-order valence-electron chi connectivity index (χ2n) is 4.05. The zero-order valence-corrected chi connectivity index (χ0v) is 11.6. The lowest BCUT2D eigenvalue weighted by atomic mass is 9.90. The van der Waals surface area contributed by atoms with Crippen LogP contribution in [0.15, 0.2) is 29.3 Å². The molecule has 17 heavy (non-hydrogen) atoms. The molecule has 0 amide bonds. The van der Waals surface area contributed by atoms with E-state index >= 15 is 0 Å². The van der Waals surface area contributed by atoms with Gasteiger partial charge in [0.15, 0.2) is 5.17 Å². The Morgan fingerprint density at radius 3 is 2.53 bits per heavy atom. The standard InChI is InChI=1S/C12H16N2OS.ClH/c1-12(7-8-16-11(13)14-12)9-3-5-10(15-2)6-4-9;/h3-6H,7-8H2,1-2H3,(H2,13,14);1H. The van der Waals surface area contributed by atoms with Gasteiger partial charge in [0.25, 0.3) is 0 Å². The van der Waals surface area contributed by atoms with E-state index in [0.717, 1.165) is 17.9 Å². The van der Waals surface area contributed by atoms with E-state index in [4.69, 9.17) is 10.5 Å². The minimum atomic E-state index is -0.179. The van der Waals surface area contributed by atoms with Crippen LogP contribution >= 0.6 is 24.2 Å². The Hall–Kier alpha value is -0.870. The van der Waals surface area contributed by atoms with Crippen LogP contribution in [0.25, 0.3) is 0 Å². The van der Waals surface area contributed by atoms with E-state index in [2.05, 4.69) is 24.0 Å². The van der Waals surface area contributed by atoms with Crippen LogP contribution in [0.3, 0.4) is 0 Å². The smallest absolute Gasteiger partial charge is 0.154 e. The van der Waals surface area contributed by atoms with Crippen molar-refractivity contribution in [3.05, 3.63) is 29.8 Å². The van der Waals surface area contributed by atoms with Crippen LogP contribution in [0.2, 0.25) is 0 Å². The van der Waals surface area contributed by atoms with Crippen molar-refractivity contribution in [3.63, 3.8) is 0 Å². The number of aliphatic imine (C=N–C) groups is 1. The third-order valence-electron chi connectivity index (χ3n) is 2.91. The topological polar surface area (TPSA) is 47.6 Å². The molecule has 0 aliphatic carbocycles. The van der Waals surface area contributed by atoms with Gasteiger partial charge in [-0.25, -0.2) is 0 Å². The monoisotopic (exact) mass is 272 g/mol. The van der Waals surface area contributed by atoms with Gasteiger partial charge >= 0.3 is 0 Å². The number of rotatable bonds is 2. The summed E-state index contributed by atoms with van der Waals surface area (Å²) < 4.78 is 5.15. The molecule has 2 rings (SSSR count). The highest BCUT2D eigenvalue weighted by Crippen LogP contribution is 2.35. The first-order valence-electron chi connectivity index (χ1n) is 5.27. The van der Waals surface area contributed by atoms with E-state index in [1.807, 2.05) is 12.1 Å². The first-order chi connectivity index (χ1) is 7.64. The summed E-state index contributed by atoms with van der Waals surface area (Å²) in [7, 11) is 1.67. The Labute approximate surface area is 112 Å². The first-order valence-corrected chi connectivity index (χ1v) is 6.25. The van der Waals surface area contributed by atoms with Crippen molar-refractivity contribution in [3.8, 4) is 5.75 Å². The molecule has 0 saturated heterocycles. The Morgan fingerprint density at radius 2 is 2.00 bits per heavy atom. The van der Waals surface area contributed by atoms with Crippen molar-refractivity contribution in [2.24, 2.45) is 10.7 Å². The lowest BCUT2D eigenvalue weighted by Crippen LogP contribution is -2.28. The van der Waals surface area contributed by atoms with Crippen LogP contribution in [0.4, 0.5) is 0 Å². The number of ether oxygens (including phenoxy) is 1. The highest BCUT2D eigenvalue weighted by Gasteiger charge is 2.29. The number of nitrogens with zero attached hydrogens (tertiary/aromatic N) is 1. The third-order valence-corrected chi connectivity index (χ3v) is 3.70. The molecule has 2 N–H and O–H groups in total. The van der Waals surface area contributed by atoms with E-state index in [0.29, 0.717) is 5.17 Å². The summed E-state index contributed by atoms with van der Waals surface area (Å²) in [4.78, 5) is 4.56. The van der Waals surface area contributed by atoms with Crippen LogP contribution in [0, 0.1) is 0 Å². The summed E-state index contributed by atoms with van der Waals surface area (Å²) in [5.74, 6) is 1.90. The van der Waals surface area contributed by atoms with Crippen LogP contribution in [0.5, 0.6) is 5.75 Å². The largest absolute Gasteiger partial charge is 0.497 e. The van der Waals surface area contributed by atoms with Gasteiger partial charge in [-0.15, -0.1) is 12.4 Å². The van der Waals surface area contributed by atoms with Crippen LogP contribution in [-0.2, 0) is 5.54 Å². The minimum Gasteiger partial charge on any atom is -0.497 e. The normalized spacial score (nSPS) is 23.5. The van der Waals surface area contributed by atoms with Crippen molar-refractivity contribution in [1.82, 2.24) is 0 Å². The second-order valence-corrected chi connectivity index (χ2v) is 5.17. The van der Waals surface area contributed by atoms with Gasteiger partial charge in [0.2, 0.25) is 0 Å². The molecule has 0 saturated carbocycles. The molecule has 1 atom stereocenters. The molecular weight excluding hydrogens is 256 g/mol. The van der Waals surface area contributed by atoms with Gasteiger partial charge in [-0.05, 0) is 31.0 Å². The van der Waals surface area contributed by atoms with Crippen LogP contribution in [-0.4, -0.2) is 18.0 Å². The summed E-state index contributed by atoms with van der Waals surface area (Å²) in [5, 5.41) is 0.685. The lowest BCUT2D eigenvalue weighted by Gasteiger charge is -2.29. The summed E-state index contributed by atoms with van der Waals surface area (Å²) in [6.07, 6.45) is 1.02. The second kappa shape index (κ2) is 5.65. The number of benzene rings is 1. The summed E-state index contributed by atoms with van der Waals surface area (Å²) in [5.41, 5.74) is 6.80. The fourth-order valence-electron chi connectivity index (χ4n) is 1.84. The molecular formula is C12H17ClN2OS. The van der Waals surface area contributed by atoms with Crippen molar-refractivity contribution in [1.29, 1.82) is 0 Å². The number of nitrogens with two attached hydrogens (primary N) is 1. The third kappa shape index (κ3) is 3.07. The molecule has 5 heteroatoms. The van der Waals surface area contributed by atoms with Crippen molar-refractivity contribution >= 4 is 29.3 Å². The van der Waals surface area contributed by atoms with Gasteiger partial charge in [-0.3, -0.25) is 4.99 Å². The van der Waals surface area contributed by atoms with Gasteiger partial charge in [0.05, 0.1) is 12.6 Å². The van der Waals surface area contributed by atoms with Crippen molar-refractivity contribution in [2.45, 2.75) is 18.9 Å². The van der Waals surface area contributed by atoms with Crippen molar-refractivity contribution < 1.29 is 4.74 Å². The van der Waals surface area contributed by atoms with E-state index in [1.165, 1.54) is 5.56 Å². The minimum absolute atomic E-state index is 0. The van der Waals surface area contributed by atoms with Gasteiger partial charge in [-0.2, -0.15) is 0 Å². The highest BCUT2D eigenvalue weighted by atomic mass is 35.5. The van der Waals surface area contributed by atoms with E-state index < -0.39 is 0 Å². The van der Waals surface area contributed by atoms with E-state index in [-0.39, 0.29) is 17.9 Å². The molecule has 0 bridgehead atoms. The van der Waals surface area contributed by atoms with Gasteiger partial charge in [0, 0.05) is 5.75 Å². The molecule has 94 valence electrons. The fraction of sp³-hybridized carbons (Fsp3) is 0.417. The van der Waals surface area contributed by atoms with E-state index in [9.17, 15) is 0 Å². The number of halogens is 1. The molecule has 1 aliphatic rings. The Bertz CT molecular complexity index is 407. The van der Waals surface area contributed by atoms with Gasteiger partial charge in [-0.1, -0.05) is 23.9 Å². The Balaban J connectivity index is 0.00000144. The molecule has 1 aliphatic heterocycles. The molecule has 1 heterocycles. The number of amidine groups is 1. The SMILES string of the molecule is COc1ccc(C2(C)CCSC(N)=N2)cc1.Cl. The maximum absolute atomic E-state index is 5.79. The number of hydrogen-bond acceptors (Lipinski definition) is 4. The Kier molecular flexibility index (Phi) is 4.71. The molecule has 0 fully saturated rings. The highest BCUT2D eigenvalue weighted by molar-refractivity contribution is 8.13.